The van der Waals surface area contributed by atoms with Gasteiger partial charge in [-0.05, 0) is 38.5 Å². The molecule has 0 aliphatic heterocycles. The lowest BCUT2D eigenvalue weighted by Crippen LogP contribution is -2.42. The lowest BCUT2D eigenvalue weighted by atomic mass is 10.1. The minimum Gasteiger partial charge on any atom is -0.466 e. The molecule has 0 aromatic rings. The second-order valence-electron chi connectivity index (χ2n) is 16.1. The van der Waals surface area contributed by atoms with Gasteiger partial charge >= 0.3 is 11.9 Å². The Hall–Kier alpha value is -1.67. The third kappa shape index (κ3) is 35.4. The predicted octanol–water partition coefficient (Wildman–Crippen LogP) is 10.8. The molecule has 308 valence electrons. The maximum absolute atomic E-state index is 13.0. The van der Waals surface area contributed by atoms with Crippen molar-refractivity contribution in [3.63, 3.8) is 0 Å². The molecule has 0 saturated heterocycles. The van der Waals surface area contributed by atoms with E-state index in [9.17, 15) is 19.5 Å². The average Bonchev–Trinajstić information content (AvgIpc) is 3.11. The molecule has 8 heteroatoms. The molecule has 0 radical (unpaired) electrons. The summed E-state index contributed by atoms with van der Waals surface area (Å²) in [6.07, 6.45) is 34.0. The Labute approximate surface area is 321 Å². The molecule has 0 aromatic carbocycles. The number of esters is 2. The monoisotopic (exact) mass is 740 g/mol. The van der Waals surface area contributed by atoms with Gasteiger partial charge in [-0.15, -0.1) is 0 Å². The van der Waals surface area contributed by atoms with E-state index in [1.54, 1.807) is 0 Å². The summed E-state index contributed by atoms with van der Waals surface area (Å²) in [6, 6.07) is -0.818. The highest BCUT2D eigenvalue weighted by atomic mass is 16.5. The number of aliphatic hydroxyl groups is 1. The van der Waals surface area contributed by atoms with Gasteiger partial charge in [-0.1, -0.05) is 162 Å². The van der Waals surface area contributed by atoms with Crippen molar-refractivity contribution >= 4 is 17.8 Å². The third-order valence-corrected chi connectivity index (χ3v) is 10.4. The summed E-state index contributed by atoms with van der Waals surface area (Å²) in [5, 5.41) is 12.1. The number of unbranched alkanes of at least 4 members (excludes halogenated alkanes) is 25. The van der Waals surface area contributed by atoms with Gasteiger partial charge in [0.15, 0.2) is 0 Å². The molecule has 0 aromatic heterocycles. The molecule has 2 N–H and O–H groups in total. The van der Waals surface area contributed by atoms with Gasteiger partial charge in [0, 0.05) is 12.8 Å². The molecule has 0 bridgehead atoms. The molecule has 8 nitrogen and oxygen atoms in total. The lowest BCUT2D eigenvalue weighted by Gasteiger charge is -2.28. The Morgan fingerprint density at radius 2 is 0.923 bits per heavy atom. The Balaban J connectivity index is 4.39. The molecular formula is C44H87N2O6+. The molecule has 1 atom stereocenters. The summed E-state index contributed by atoms with van der Waals surface area (Å²) in [5.41, 5.74) is 0. The summed E-state index contributed by atoms with van der Waals surface area (Å²) >= 11 is 0. The number of carbonyl (C=O) groups is 3. The first-order valence-corrected chi connectivity index (χ1v) is 22.3. The van der Waals surface area contributed by atoms with Crippen LogP contribution in [0.2, 0.25) is 0 Å². The maximum atomic E-state index is 13.0. The van der Waals surface area contributed by atoms with Crippen molar-refractivity contribution in [2.75, 3.05) is 47.0 Å². The van der Waals surface area contributed by atoms with Crippen LogP contribution in [0.15, 0.2) is 0 Å². The number of nitrogens with zero attached hydrogens (tertiary/aromatic N) is 1. The molecule has 0 fully saturated rings. The molecule has 1 amide bonds. The molecule has 0 spiro atoms. The van der Waals surface area contributed by atoms with E-state index in [-0.39, 0.29) is 31.3 Å². The minimum absolute atomic E-state index is 0.0913. The van der Waals surface area contributed by atoms with Gasteiger partial charge in [-0.3, -0.25) is 9.59 Å². The molecule has 0 unspecified atom stereocenters. The van der Waals surface area contributed by atoms with Gasteiger partial charge in [0.25, 0.3) is 0 Å². The summed E-state index contributed by atoms with van der Waals surface area (Å²) < 4.78 is 11.9. The van der Waals surface area contributed by atoms with E-state index in [2.05, 4.69) is 33.3 Å². The first kappa shape index (κ1) is 50.3. The van der Waals surface area contributed by atoms with Crippen molar-refractivity contribution < 1.29 is 33.4 Å². The molecule has 0 aliphatic rings. The summed E-state index contributed by atoms with van der Waals surface area (Å²) in [4.78, 5) is 38.4. The van der Waals surface area contributed by atoms with Crippen LogP contribution in [0.3, 0.4) is 0 Å². The Morgan fingerprint density at radius 3 is 1.38 bits per heavy atom. The second kappa shape index (κ2) is 37.6. The fraction of sp³-hybridized carbons (Fsp3) is 0.932. The molecule has 0 aliphatic carbocycles. The topological polar surface area (TPSA) is 102 Å². The zero-order chi connectivity index (χ0) is 38.4. The van der Waals surface area contributed by atoms with Crippen molar-refractivity contribution in [2.24, 2.45) is 0 Å². The van der Waals surface area contributed by atoms with Crippen LogP contribution in [0.1, 0.15) is 213 Å². The SMILES string of the molecule is CCCCCCCCCCCCOC(=O)CC[C@H](NC(=O)CCCCCCCCCC[N+](C)(C)CCO)C(=O)OCCCCCCCCCCCC. The Bertz CT molecular complexity index is 821. The number of rotatable bonds is 40. The average molecular weight is 740 g/mol. The molecule has 0 saturated carbocycles. The smallest absolute Gasteiger partial charge is 0.328 e. The quantitative estimate of drug-likeness (QED) is 0.0368. The van der Waals surface area contributed by atoms with E-state index in [4.69, 9.17) is 9.47 Å². The number of quaternary nitrogens is 1. The number of amides is 1. The number of hydrogen-bond acceptors (Lipinski definition) is 6. The van der Waals surface area contributed by atoms with Crippen molar-refractivity contribution in [3.05, 3.63) is 0 Å². The fourth-order valence-corrected chi connectivity index (χ4v) is 6.76. The van der Waals surface area contributed by atoms with Gasteiger partial charge in [0.2, 0.25) is 5.91 Å². The normalized spacial score (nSPS) is 12.2. The zero-order valence-corrected chi connectivity index (χ0v) is 35.0. The van der Waals surface area contributed by atoms with E-state index >= 15 is 0 Å². The van der Waals surface area contributed by atoms with Crippen LogP contribution in [0, 0.1) is 0 Å². The number of aliphatic hydroxyl groups excluding tert-OH is 1. The number of carbonyl (C=O) groups excluding carboxylic acids is 3. The van der Waals surface area contributed by atoms with Crippen molar-refractivity contribution in [1.82, 2.24) is 5.32 Å². The highest BCUT2D eigenvalue weighted by Crippen LogP contribution is 2.14. The number of nitrogens with one attached hydrogen (secondary N) is 1. The van der Waals surface area contributed by atoms with Crippen molar-refractivity contribution in [2.45, 2.75) is 219 Å². The Kier molecular flexibility index (Phi) is 36.4. The minimum atomic E-state index is -0.818. The maximum Gasteiger partial charge on any atom is 0.328 e. The fourth-order valence-electron chi connectivity index (χ4n) is 6.76. The van der Waals surface area contributed by atoms with Gasteiger partial charge < -0.3 is 24.4 Å². The summed E-state index contributed by atoms with van der Waals surface area (Å²) in [6.45, 7) is 7.40. The van der Waals surface area contributed by atoms with Crippen LogP contribution in [0.5, 0.6) is 0 Å². The first-order chi connectivity index (χ1) is 25.3. The van der Waals surface area contributed by atoms with Crippen molar-refractivity contribution in [1.29, 1.82) is 0 Å². The third-order valence-electron chi connectivity index (χ3n) is 10.4. The van der Waals surface area contributed by atoms with Crippen molar-refractivity contribution in [3.8, 4) is 0 Å². The van der Waals surface area contributed by atoms with E-state index in [0.29, 0.717) is 19.6 Å². The lowest BCUT2D eigenvalue weighted by molar-refractivity contribution is -0.890. The van der Waals surface area contributed by atoms with E-state index < -0.39 is 12.0 Å². The van der Waals surface area contributed by atoms with Crippen LogP contribution >= 0.6 is 0 Å². The largest absolute Gasteiger partial charge is 0.466 e. The molecule has 52 heavy (non-hydrogen) atoms. The van der Waals surface area contributed by atoms with Crippen LogP contribution in [-0.2, 0) is 23.9 Å². The zero-order valence-electron chi connectivity index (χ0n) is 35.0. The number of hydrogen-bond donors (Lipinski definition) is 2. The van der Waals surface area contributed by atoms with Gasteiger partial charge in [0.1, 0.15) is 12.6 Å². The van der Waals surface area contributed by atoms with Crippen LogP contribution < -0.4 is 5.32 Å². The highest BCUT2D eigenvalue weighted by Gasteiger charge is 2.23. The van der Waals surface area contributed by atoms with Gasteiger partial charge in [-0.2, -0.15) is 0 Å². The second-order valence-corrected chi connectivity index (χ2v) is 16.1. The molecule has 0 heterocycles. The molecular weight excluding hydrogens is 652 g/mol. The first-order valence-electron chi connectivity index (χ1n) is 22.3. The molecule has 0 rings (SSSR count). The van der Waals surface area contributed by atoms with Crippen LogP contribution in [0.25, 0.3) is 0 Å². The highest BCUT2D eigenvalue weighted by molar-refractivity contribution is 5.85. The predicted molar refractivity (Wildman–Crippen MR) is 217 cm³/mol. The van der Waals surface area contributed by atoms with Crippen LogP contribution in [-0.4, -0.2) is 80.5 Å². The summed E-state index contributed by atoms with van der Waals surface area (Å²) in [7, 11) is 4.34. The summed E-state index contributed by atoms with van der Waals surface area (Å²) in [5.74, 6) is -0.904. The van der Waals surface area contributed by atoms with E-state index in [1.807, 2.05) is 0 Å². The van der Waals surface area contributed by atoms with E-state index in [1.165, 1.54) is 128 Å². The number of likely N-dealkylation sites (N-methyl/N-ethyl adjacent to an activating group) is 1. The van der Waals surface area contributed by atoms with Crippen LogP contribution in [0.4, 0.5) is 0 Å². The Morgan fingerprint density at radius 1 is 0.519 bits per heavy atom. The standard InChI is InChI=1S/C44H86N2O6/c1-5-7-9-11-13-15-19-23-27-31-39-51-43(49)35-34-41(44(50)52-40-32-28-24-20-16-14-12-10-8-6-2)45-42(48)33-29-25-21-17-18-22-26-30-36-46(3,4)37-38-47/h41,47H,5-40H2,1-4H3/p+1/t41-/m0/s1. The van der Waals surface area contributed by atoms with Gasteiger partial charge in [-0.25, -0.2) is 4.79 Å². The van der Waals surface area contributed by atoms with Gasteiger partial charge in [0.05, 0.1) is 40.5 Å². The van der Waals surface area contributed by atoms with E-state index in [0.717, 1.165) is 68.9 Å². The number of ether oxygens (including phenoxy) is 2.